The van der Waals surface area contributed by atoms with E-state index in [1.165, 1.54) is 63.5 Å². The van der Waals surface area contributed by atoms with E-state index in [2.05, 4.69) is 55.9 Å². The summed E-state index contributed by atoms with van der Waals surface area (Å²) in [7, 11) is 0. The molecule has 5 fully saturated rings. The molecule has 0 bridgehead atoms. The maximum Gasteiger partial charge on any atom is 0.331 e. The number of unbranched alkanes of at least 4 members (excludes halogenated alkanes) is 2. The first-order valence-electron chi connectivity index (χ1n) is 22.9. The van der Waals surface area contributed by atoms with E-state index in [0.717, 1.165) is 44.1 Å². The highest BCUT2D eigenvalue weighted by molar-refractivity contribution is 5.85. The lowest BCUT2D eigenvalue weighted by molar-refractivity contribution is -0.351. The molecule has 7 rings (SSSR count). The van der Waals surface area contributed by atoms with E-state index in [9.17, 15) is 24.9 Å². The minimum atomic E-state index is -1.54. The van der Waals surface area contributed by atoms with Crippen molar-refractivity contribution in [3.63, 3.8) is 0 Å². The molecule has 2 aliphatic heterocycles. The number of hydrogen-bond donors (Lipinski definition) is 5. The fourth-order valence-corrected chi connectivity index (χ4v) is 14.4. The molecule has 6 aliphatic rings. The number of cyclic esters (lactones) is 1. The largest absolute Gasteiger partial charge is 0.458 e. The number of aryl methyl sites for hydroxylation is 1. The molecule has 0 aromatic heterocycles. The van der Waals surface area contributed by atoms with Crippen molar-refractivity contribution in [2.24, 2.45) is 45.8 Å². The zero-order valence-corrected chi connectivity index (χ0v) is 35.7. The average Bonchev–Trinajstić information content (AvgIpc) is 3.89. The van der Waals surface area contributed by atoms with Crippen LogP contribution in [0.1, 0.15) is 156 Å². The fraction of sp³-hybridized carbons (Fsp3) is 0.792. The van der Waals surface area contributed by atoms with Gasteiger partial charge in [-0.05, 0) is 129 Å². The number of carbonyl (C=O) groups excluding carboxylic acids is 2. The van der Waals surface area contributed by atoms with Crippen LogP contribution in [0.15, 0.2) is 42.0 Å². The molecule has 2 heterocycles. The van der Waals surface area contributed by atoms with E-state index in [4.69, 9.17) is 9.47 Å². The van der Waals surface area contributed by atoms with Gasteiger partial charge in [0.25, 0.3) is 0 Å². The first-order chi connectivity index (χ1) is 27.2. The number of esters is 2. The Kier molecular flexibility index (Phi) is 12.8. The quantitative estimate of drug-likeness (QED) is 0.0832. The SMILES string of the molecule is CCCCC[C@@H]1CCC[C@@]12C[C@H]1NN[C@@]3(OC(C)=O)C[C@@H](C)[C@](O)(CCC4=CC(=O)OC4)[C@@]4([C@H](O)CC[C@H](C)CCCc5ccccc5)[C@@H](O)CC[C@@](C)([C@H]1C2)[C@@H]43. The van der Waals surface area contributed by atoms with Crippen LogP contribution in [-0.4, -0.2) is 63.4 Å². The predicted molar refractivity (Wildman–Crippen MR) is 221 cm³/mol. The standard InChI is InChI=1S/C48H74N2O7/c1-6-7-9-18-37-19-13-24-45(37)29-38-39(30-45)49-50-47(57-34(4)51)28-33(3)46(55,26-22-36-27-42(54)56-31-36)48(41(53)23-25-44(38,5)43(47)48)40(52)21-20-32(2)14-12-17-35-15-10-8-11-16-35/h8,10-11,15-16,27,32-33,37-41,43,49-50,52-53,55H,6-7,9,12-14,17-26,28-31H2,1-5H3/t32-,33-,37-,38+,39-,40-,41+,43-,44+,45-,46-,47-,48+/m1/s1. The molecule has 4 saturated carbocycles. The van der Waals surface area contributed by atoms with Crippen LogP contribution >= 0.6 is 0 Å². The van der Waals surface area contributed by atoms with Gasteiger partial charge < -0.3 is 24.8 Å². The van der Waals surface area contributed by atoms with Crippen molar-refractivity contribution in [1.29, 1.82) is 0 Å². The molecule has 0 unspecified atom stereocenters. The van der Waals surface area contributed by atoms with Crippen molar-refractivity contribution in [2.45, 2.75) is 186 Å². The lowest BCUT2D eigenvalue weighted by Gasteiger charge is -2.71. The Balaban J connectivity index is 1.28. The van der Waals surface area contributed by atoms with E-state index in [1.807, 2.05) is 13.0 Å². The Morgan fingerprint density at radius 2 is 1.82 bits per heavy atom. The molecule has 0 radical (unpaired) electrons. The molecular formula is C48H74N2O7. The molecule has 5 N–H and O–H groups in total. The second kappa shape index (κ2) is 17.0. The van der Waals surface area contributed by atoms with Crippen LogP contribution in [0, 0.1) is 45.8 Å². The van der Waals surface area contributed by atoms with E-state index in [0.29, 0.717) is 43.9 Å². The maximum absolute atomic E-state index is 13.7. The van der Waals surface area contributed by atoms with Gasteiger partial charge in [-0.2, -0.15) is 0 Å². The van der Waals surface area contributed by atoms with Gasteiger partial charge in [0.1, 0.15) is 6.61 Å². The topological polar surface area (TPSA) is 137 Å². The Morgan fingerprint density at radius 3 is 2.54 bits per heavy atom. The lowest BCUT2D eigenvalue weighted by atomic mass is 9.36. The average molecular weight is 791 g/mol. The molecule has 1 spiro atoms. The van der Waals surface area contributed by atoms with Crippen LogP contribution in [0.5, 0.6) is 0 Å². The minimum absolute atomic E-state index is 0.129. The molecule has 1 saturated heterocycles. The first kappa shape index (κ1) is 42.8. The van der Waals surface area contributed by atoms with Crippen molar-refractivity contribution in [1.82, 2.24) is 10.9 Å². The summed E-state index contributed by atoms with van der Waals surface area (Å²) in [6, 6.07) is 10.7. The zero-order chi connectivity index (χ0) is 40.6. The Hall–Kier alpha value is -2.30. The molecule has 9 nitrogen and oxygen atoms in total. The number of hydrogen-bond acceptors (Lipinski definition) is 9. The summed E-state index contributed by atoms with van der Waals surface area (Å²) in [6.45, 7) is 10.5. The van der Waals surface area contributed by atoms with Crippen LogP contribution in [-0.2, 0) is 25.5 Å². The third kappa shape index (κ3) is 7.68. The van der Waals surface area contributed by atoms with Gasteiger partial charge in [-0.15, -0.1) is 0 Å². The number of fused-ring (bicyclic) bond motifs is 2. The predicted octanol–water partition coefficient (Wildman–Crippen LogP) is 8.10. The normalized spacial score (nSPS) is 40.8. The molecule has 1 aromatic rings. The highest BCUT2D eigenvalue weighted by Gasteiger charge is 2.80. The van der Waals surface area contributed by atoms with E-state index in [-0.39, 0.29) is 36.4 Å². The van der Waals surface area contributed by atoms with Crippen LogP contribution in [0.4, 0.5) is 0 Å². The third-order valence-electron chi connectivity index (χ3n) is 17.0. The molecule has 57 heavy (non-hydrogen) atoms. The van der Waals surface area contributed by atoms with Crippen LogP contribution in [0.3, 0.4) is 0 Å². The maximum atomic E-state index is 13.7. The second-order valence-electron chi connectivity index (χ2n) is 20.3. The number of aliphatic hydroxyl groups excluding tert-OH is 2. The Labute approximate surface area is 342 Å². The van der Waals surface area contributed by atoms with E-state index in [1.54, 1.807) is 0 Å². The first-order valence-corrected chi connectivity index (χ1v) is 22.9. The smallest absolute Gasteiger partial charge is 0.331 e. The van der Waals surface area contributed by atoms with Gasteiger partial charge in [-0.3, -0.25) is 10.2 Å². The van der Waals surface area contributed by atoms with Gasteiger partial charge in [0.2, 0.25) is 0 Å². The molecule has 1 aromatic carbocycles. The summed E-state index contributed by atoms with van der Waals surface area (Å²) < 4.78 is 11.9. The molecule has 13 atom stereocenters. The molecular weight excluding hydrogens is 717 g/mol. The molecule has 4 aliphatic carbocycles. The number of rotatable bonds is 16. The fourth-order valence-electron chi connectivity index (χ4n) is 14.4. The number of nitrogens with one attached hydrogen (secondary N) is 2. The van der Waals surface area contributed by atoms with Crippen molar-refractivity contribution in [3.05, 3.63) is 47.5 Å². The summed E-state index contributed by atoms with van der Waals surface area (Å²) in [5.74, 6) is -0.658. The van der Waals surface area contributed by atoms with Crippen molar-refractivity contribution < 1.29 is 34.4 Å². The van der Waals surface area contributed by atoms with Crippen LogP contribution in [0.2, 0.25) is 0 Å². The monoisotopic (exact) mass is 791 g/mol. The van der Waals surface area contributed by atoms with Gasteiger partial charge in [0, 0.05) is 31.4 Å². The summed E-state index contributed by atoms with van der Waals surface area (Å²) in [5, 5.41) is 39.8. The summed E-state index contributed by atoms with van der Waals surface area (Å²) >= 11 is 0. The number of carbonyl (C=O) groups is 2. The van der Waals surface area contributed by atoms with E-state index < -0.39 is 52.2 Å². The third-order valence-corrected chi connectivity index (χ3v) is 17.0. The summed E-state index contributed by atoms with van der Waals surface area (Å²) in [6.07, 6.45) is 16.7. The van der Waals surface area contributed by atoms with Gasteiger partial charge in [-0.1, -0.05) is 90.1 Å². The lowest BCUT2D eigenvalue weighted by Crippen LogP contribution is -2.81. The van der Waals surface area contributed by atoms with Gasteiger partial charge in [0.05, 0.1) is 23.2 Å². The second-order valence-corrected chi connectivity index (χ2v) is 20.3. The number of benzene rings is 1. The van der Waals surface area contributed by atoms with Gasteiger partial charge >= 0.3 is 11.9 Å². The molecule has 9 heteroatoms. The van der Waals surface area contributed by atoms with Crippen LogP contribution in [0.25, 0.3) is 0 Å². The number of hydrazine groups is 1. The number of aliphatic hydroxyl groups is 3. The van der Waals surface area contributed by atoms with Gasteiger partial charge in [-0.25, -0.2) is 10.2 Å². The Morgan fingerprint density at radius 1 is 1.04 bits per heavy atom. The Bertz CT molecular complexity index is 1600. The zero-order valence-electron chi connectivity index (χ0n) is 35.7. The highest BCUT2D eigenvalue weighted by atomic mass is 16.6. The van der Waals surface area contributed by atoms with Crippen LogP contribution < -0.4 is 10.9 Å². The van der Waals surface area contributed by atoms with E-state index >= 15 is 0 Å². The summed E-state index contributed by atoms with van der Waals surface area (Å²) in [4.78, 5) is 25.5. The van der Waals surface area contributed by atoms with Gasteiger partial charge in [0.15, 0.2) is 5.72 Å². The molecule has 0 amide bonds. The minimum Gasteiger partial charge on any atom is -0.458 e. The molecule has 318 valence electrons. The van der Waals surface area contributed by atoms with Crippen molar-refractivity contribution in [2.75, 3.05) is 6.61 Å². The number of ether oxygens (including phenoxy) is 2. The highest BCUT2D eigenvalue weighted by Crippen LogP contribution is 2.74. The van der Waals surface area contributed by atoms with Crippen molar-refractivity contribution in [3.8, 4) is 0 Å². The summed E-state index contributed by atoms with van der Waals surface area (Å²) in [5.41, 5.74) is 5.16. The van der Waals surface area contributed by atoms with Crippen molar-refractivity contribution >= 4 is 11.9 Å².